The van der Waals surface area contributed by atoms with Crippen molar-refractivity contribution in [2.24, 2.45) is 0 Å². The molecule has 1 aliphatic rings. The van der Waals surface area contributed by atoms with E-state index >= 15 is 0 Å². The van der Waals surface area contributed by atoms with E-state index in [4.69, 9.17) is 4.74 Å². The van der Waals surface area contributed by atoms with Crippen LogP contribution in [0.3, 0.4) is 0 Å². The molecule has 8 heteroatoms. The first kappa shape index (κ1) is 16.9. The Morgan fingerprint density at radius 3 is 2.92 bits per heavy atom. The minimum atomic E-state index is -0.284. The number of hydrogen-bond donors (Lipinski definition) is 1. The maximum atomic E-state index is 12.3. The topological polar surface area (TPSA) is 78.0 Å². The second-order valence-electron chi connectivity index (χ2n) is 6.49. The van der Waals surface area contributed by atoms with Gasteiger partial charge in [-0.2, -0.15) is 9.61 Å². The Bertz CT molecular complexity index is 1040. The molecule has 3 aromatic rings. The van der Waals surface area contributed by atoms with Gasteiger partial charge in [0.15, 0.2) is 11.0 Å². The fourth-order valence-electron chi connectivity index (χ4n) is 3.46. The number of quaternary nitrogens is 1. The fraction of sp³-hybridized carbons (Fsp3) is 0.333. The Morgan fingerprint density at radius 1 is 1.38 bits per heavy atom. The van der Waals surface area contributed by atoms with Crippen molar-refractivity contribution in [3.05, 3.63) is 62.5 Å². The van der Waals surface area contributed by atoms with E-state index in [2.05, 4.69) is 22.2 Å². The number of benzene rings is 1. The molecule has 0 amide bonds. The summed E-state index contributed by atoms with van der Waals surface area (Å²) in [7, 11) is 1.42. The van der Waals surface area contributed by atoms with Crippen LogP contribution >= 0.6 is 11.3 Å². The standard InChI is InChI=1S/C18H18N4O3S/c1-11-7-16(23)22-18(19-11)26-15(20-22)10-21-9-13-6-4-3-5-12(13)8-14(21)17(24)25-2/h3-7,14H,8-10H2,1-2H3/p+1/t14-/m1/s1. The molecule has 1 aromatic carbocycles. The van der Waals surface area contributed by atoms with Crippen LogP contribution in [0.2, 0.25) is 0 Å². The summed E-state index contributed by atoms with van der Waals surface area (Å²) in [5.74, 6) is -0.221. The number of methoxy groups -OCH3 is 1. The number of nitrogens with one attached hydrogen (secondary N) is 1. The number of esters is 1. The molecular formula is C18H19N4O3S+. The van der Waals surface area contributed by atoms with Crippen molar-refractivity contribution in [1.29, 1.82) is 0 Å². The Morgan fingerprint density at radius 2 is 2.15 bits per heavy atom. The van der Waals surface area contributed by atoms with Crippen molar-refractivity contribution in [2.75, 3.05) is 7.11 Å². The van der Waals surface area contributed by atoms with Crippen LogP contribution in [0.15, 0.2) is 35.1 Å². The van der Waals surface area contributed by atoms with Gasteiger partial charge in [0.05, 0.1) is 7.11 Å². The third-order valence-electron chi connectivity index (χ3n) is 4.73. The highest BCUT2D eigenvalue weighted by molar-refractivity contribution is 7.16. The number of carbonyl (C=O) groups is 1. The lowest BCUT2D eigenvalue weighted by molar-refractivity contribution is -0.945. The molecule has 26 heavy (non-hydrogen) atoms. The molecule has 0 saturated heterocycles. The van der Waals surface area contributed by atoms with E-state index in [1.807, 2.05) is 12.1 Å². The third-order valence-corrected chi connectivity index (χ3v) is 5.64. The van der Waals surface area contributed by atoms with Crippen LogP contribution in [0.5, 0.6) is 0 Å². The lowest BCUT2D eigenvalue weighted by atomic mass is 9.94. The summed E-state index contributed by atoms with van der Waals surface area (Å²) in [4.78, 5) is 30.4. The predicted octanol–water partition coefficient (Wildman–Crippen LogP) is 0.142. The van der Waals surface area contributed by atoms with Gasteiger partial charge in [-0.1, -0.05) is 35.6 Å². The normalized spacial score (nSPS) is 19.3. The van der Waals surface area contributed by atoms with Crippen molar-refractivity contribution in [3.63, 3.8) is 0 Å². The Balaban J connectivity index is 1.68. The zero-order valence-electron chi connectivity index (χ0n) is 14.6. The van der Waals surface area contributed by atoms with Crippen LogP contribution in [0.25, 0.3) is 4.96 Å². The summed E-state index contributed by atoms with van der Waals surface area (Å²) in [5.41, 5.74) is 2.91. The highest BCUT2D eigenvalue weighted by atomic mass is 32.1. The second kappa shape index (κ2) is 6.62. The zero-order valence-corrected chi connectivity index (χ0v) is 15.4. The van der Waals surface area contributed by atoms with E-state index in [0.29, 0.717) is 30.2 Å². The van der Waals surface area contributed by atoms with Crippen LogP contribution < -0.4 is 10.5 Å². The van der Waals surface area contributed by atoms with Gasteiger partial charge in [-0.3, -0.25) is 4.79 Å². The van der Waals surface area contributed by atoms with E-state index in [0.717, 1.165) is 9.91 Å². The van der Waals surface area contributed by atoms with Gasteiger partial charge in [-0.25, -0.2) is 9.78 Å². The summed E-state index contributed by atoms with van der Waals surface area (Å²) in [6.45, 7) is 3.05. The van der Waals surface area contributed by atoms with Crippen LogP contribution in [-0.2, 0) is 29.0 Å². The first-order valence-electron chi connectivity index (χ1n) is 8.40. The average Bonchev–Trinajstić information content (AvgIpc) is 3.03. The molecule has 0 spiro atoms. The first-order chi connectivity index (χ1) is 12.5. The van der Waals surface area contributed by atoms with E-state index in [1.54, 1.807) is 6.92 Å². The molecule has 0 radical (unpaired) electrons. The van der Waals surface area contributed by atoms with Gasteiger partial charge in [-0.15, -0.1) is 0 Å². The molecule has 3 heterocycles. The molecule has 2 aromatic heterocycles. The van der Waals surface area contributed by atoms with Crippen LogP contribution in [0.1, 0.15) is 21.8 Å². The van der Waals surface area contributed by atoms with Gasteiger partial charge in [0.2, 0.25) is 4.96 Å². The van der Waals surface area contributed by atoms with E-state index in [-0.39, 0.29) is 17.6 Å². The summed E-state index contributed by atoms with van der Waals surface area (Å²) in [6, 6.07) is 9.35. The van der Waals surface area contributed by atoms with Crippen molar-refractivity contribution in [2.45, 2.75) is 32.5 Å². The first-order valence-corrected chi connectivity index (χ1v) is 9.22. The average molecular weight is 371 g/mol. The molecule has 0 saturated carbocycles. The van der Waals surface area contributed by atoms with Gasteiger partial charge in [0.25, 0.3) is 5.56 Å². The monoisotopic (exact) mass is 371 g/mol. The van der Waals surface area contributed by atoms with Gasteiger partial charge in [0.1, 0.15) is 13.1 Å². The highest BCUT2D eigenvalue weighted by Crippen LogP contribution is 2.16. The lowest BCUT2D eigenvalue weighted by Gasteiger charge is -2.31. The Kier molecular flexibility index (Phi) is 4.29. The molecule has 1 unspecified atom stereocenters. The molecule has 1 aliphatic heterocycles. The Labute approximate surface area is 153 Å². The quantitative estimate of drug-likeness (QED) is 0.663. The van der Waals surface area contributed by atoms with Gasteiger partial charge >= 0.3 is 5.97 Å². The van der Waals surface area contributed by atoms with E-state index < -0.39 is 0 Å². The molecular weight excluding hydrogens is 352 g/mol. The summed E-state index contributed by atoms with van der Waals surface area (Å²) in [5, 5.41) is 5.19. The van der Waals surface area contributed by atoms with E-state index in [9.17, 15) is 9.59 Å². The highest BCUT2D eigenvalue weighted by Gasteiger charge is 2.36. The van der Waals surface area contributed by atoms with Crippen molar-refractivity contribution in [1.82, 2.24) is 14.6 Å². The number of carbonyl (C=O) groups excluding carboxylic acids is 1. The number of hydrogen-bond acceptors (Lipinski definition) is 6. The van der Waals surface area contributed by atoms with Gasteiger partial charge < -0.3 is 9.64 Å². The zero-order chi connectivity index (χ0) is 18.3. The molecule has 134 valence electrons. The van der Waals surface area contributed by atoms with Crippen LogP contribution in [-0.4, -0.2) is 33.7 Å². The SMILES string of the molecule is COC(=O)[C@H]1Cc2ccccc2C[NH+]1Cc1nn2c(=O)cc(C)nc2s1. The maximum absolute atomic E-state index is 12.3. The van der Waals surface area contributed by atoms with E-state index in [1.165, 1.54) is 40.2 Å². The number of nitrogens with zero attached hydrogens (tertiary/aromatic N) is 3. The van der Waals surface area contributed by atoms with Gasteiger partial charge in [-0.05, 0) is 12.5 Å². The molecule has 0 fully saturated rings. The van der Waals surface area contributed by atoms with Gasteiger partial charge in [0, 0.05) is 23.7 Å². The lowest BCUT2D eigenvalue weighted by Crippen LogP contribution is -3.15. The van der Waals surface area contributed by atoms with Crippen LogP contribution in [0.4, 0.5) is 0 Å². The smallest absolute Gasteiger partial charge is 0.365 e. The van der Waals surface area contributed by atoms with Crippen molar-refractivity contribution in [3.8, 4) is 0 Å². The minimum absolute atomic E-state index is 0.182. The summed E-state index contributed by atoms with van der Waals surface area (Å²) < 4.78 is 6.35. The summed E-state index contributed by atoms with van der Waals surface area (Å²) in [6.07, 6.45) is 0.639. The number of fused-ring (bicyclic) bond motifs is 2. The molecule has 4 rings (SSSR count). The summed E-state index contributed by atoms with van der Waals surface area (Å²) >= 11 is 1.39. The third kappa shape index (κ3) is 3.02. The molecule has 0 bridgehead atoms. The second-order valence-corrected chi connectivity index (χ2v) is 7.53. The number of aryl methyl sites for hydroxylation is 1. The predicted molar refractivity (Wildman–Crippen MR) is 96.2 cm³/mol. The number of rotatable bonds is 3. The maximum Gasteiger partial charge on any atom is 0.365 e. The Hall–Kier alpha value is -2.58. The van der Waals surface area contributed by atoms with Crippen molar-refractivity contribution >= 4 is 22.3 Å². The largest absolute Gasteiger partial charge is 0.465 e. The molecule has 7 nitrogen and oxygen atoms in total. The number of aromatic nitrogens is 3. The molecule has 1 N–H and O–H groups in total. The minimum Gasteiger partial charge on any atom is -0.465 e. The van der Waals surface area contributed by atoms with Crippen molar-refractivity contribution < 1.29 is 14.4 Å². The number of ether oxygens (including phenoxy) is 1. The fourth-order valence-corrected chi connectivity index (χ4v) is 4.46. The molecule has 2 atom stereocenters. The molecule has 0 aliphatic carbocycles. The van der Waals surface area contributed by atoms with Crippen LogP contribution in [0, 0.1) is 6.92 Å².